The fourth-order valence-electron chi connectivity index (χ4n) is 8.29. The van der Waals surface area contributed by atoms with Crippen LogP contribution in [0.25, 0.3) is 44.3 Å². The van der Waals surface area contributed by atoms with Crippen LogP contribution in [-0.4, -0.2) is 77.3 Å². The summed E-state index contributed by atoms with van der Waals surface area (Å²) < 4.78 is 22.9. The van der Waals surface area contributed by atoms with Gasteiger partial charge in [-0.3, -0.25) is 14.6 Å². The molecule has 5 aromatic carbocycles. The summed E-state index contributed by atoms with van der Waals surface area (Å²) in [6.07, 6.45) is 3.29. The fraction of sp³-hybridized carbons (Fsp3) is 0.234. The van der Waals surface area contributed by atoms with Crippen LogP contribution in [0.3, 0.4) is 0 Å². The molecule has 15 heteroatoms. The van der Waals surface area contributed by atoms with Crippen molar-refractivity contribution in [1.29, 1.82) is 0 Å². The number of aryl methyl sites for hydroxylation is 1. The van der Waals surface area contributed by atoms with Crippen molar-refractivity contribution >= 4 is 93.2 Å². The monoisotopic (exact) mass is 917 g/mol. The highest BCUT2D eigenvalue weighted by Gasteiger charge is 2.33. The summed E-state index contributed by atoms with van der Waals surface area (Å²) in [5.74, 6) is 1.33. The molecule has 3 aliphatic heterocycles. The van der Waals surface area contributed by atoms with Gasteiger partial charge >= 0.3 is 5.71 Å². The van der Waals surface area contributed by atoms with Crippen LogP contribution in [0.5, 0.6) is 11.5 Å². The van der Waals surface area contributed by atoms with Crippen LogP contribution < -0.4 is 15.0 Å². The Kier molecular flexibility index (Phi) is 12.6. The molecule has 314 valence electrons. The van der Waals surface area contributed by atoms with Crippen LogP contribution in [0.2, 0.25) is 0 Å². The van der Waals surface area contributed by atoms with Crippen LogP contribution in [0.15, 0.2) is 84.0 Å². The van der Waals surface area contributed by atoms with Crippen LogP contribution in [0, 0.1) is 0 Å². The molecule has 0 bridgehead atoms. The van der Waals surface area contributed by atoms with Crippen LogP contribution in [0.1, 0.15) is 49.4 Å². The number of hydrogen-bond acceptors (Lipinski definition) is 9. The predicted molar refractivity (Wildman–Crippen MR) is 261 cm³/mol. The average Bonchev–Trinajstić information content (AvgIpc) is 3.98. The lowest BCUT2D eigenvalue weighted by Crippen LogP contribution is -2.31. The number of carbonyl (C=O) groups is 3. The number of nitrogens with one attached hydrogen (secondary N) is 1. The molecule has 0 radical (unpaired) electrons. The second-order valence-corrected chi connectivity index (χ2v) is 20.0. The number of H-pyrrole nitrogens is 1. The van der Waals surface area contributed by atoms with Gasteiger partial charge in [-0.2, -0.15) is 0 Å². The van der Waals surface area contributed by atoms with Gasteiger partial charge in [-0.25, -0.2) is 9.78 Å². The first kappa shape index (κ1) is 42.8. The van der Waals surface area contributed by atoms with Gasteiger partial charge < -0.3 is 23.9 Å². The molecule has 10 rings (SSSR count). The maximum Gasteiger partial charge on any atom is 0.323 e. The standard InChI is InChI=1S/C24H21N3OP2.C23H23O6P3/c1-29-23-10-18-17-9-22-19(8-13(17)4-6-20(18)26-23)16-5-3-14(7-15(16)12-28-22)21-11-25-24(27-21)30-2;1-31-22(26)29-19-6-4-12-8-17-15-5-3-13(18(24)11-28-23(30)32-2)7-14(15)10-27-20(17)9-16(12)21(19)25/h3-9,11,29-30H,10,12H2,1-2H3,(H,25,27);3,5,7-9,19,31H,4,6,10-11,30H2,1-2H3. The summed E-state index contributed by atoms with van der Waals surface area (Å²) in [5.41, 5.74) is 15.2. The maximum atomic E-state index is 12.9. The lowest BCUT2D eigenvalue weighted by atomic mass is 9.84. The highest BCUT2D eigenvalue weighted by Crippen LogP contribution is 2.45. The maximum absolute atomic E-state index is 12.9. The van der Waals surface area contributed by atoms with Crippen LogP contribution in [0.4, 0.5) is 10.5 Å². The van der Waals surface area contributed by atoms with E-state index in [1.165, 1.54) is 38.5 Å². The van der Waals surface area contributed by atoms with E-state index in [4.69, 9.17) is 23.9 Å². The van der Waals surface area contributed by atoms with Gasteiger partial charge in [-0.05, 0) is 140 Å². The number of aliphatic imine (C=N–C) groups is 1. The Hall–Kier alpha value is -4.50. The molecule has 0 saturated heterocycles. The molecule has 5 unspecified atom stereocenters. The zero-order chi connectivity index (χ0) is 43.1. The van der Waals surface area contributed by atoms with E-state index in [0.717, 1.165) is 78.9 Å². The first-order valence-electron chi connectivity index (χ1n) is 20.2. The number of ketones is 2. The van der Waals surface area contributed by atoms with E-state index in [9.17, 15) is 14.4 Å². The number of Topliss-reactive ketones (excluding diaryl/α,β-unsaturated/α-hetero) is 2. The lowest BCUT2D eigenvalue weighted by Gasteiger charge is -2.27. The topological polar surface area (TPSA) is 129 Å². The molecule has 0 spiro atoms. The molecule has 0 saturated carbocycles. The van der Waals surface area contributed by atoms with Gasteiger partial charge in [-0.1, -0.05) is 64.9 Å². The Bertz CT molecular complexity index is 2890. The average molecular weight is 918 g/mol. The van der Waals surface area contributed by atoms with Crippen molar-refractivity contribution in [3.8, 4) is 45.0 Å². The van der Waals surface area contributed by atoms with Gasteiger partial charge in [0.25, 0.3) is 0 Å². The van der Waals surface area contributed by atoms with Crippen molar-refractivity contribution in [3.05, 3.63) is 112 Å². The van der Waals surface area contributed by atoms with Crippen LogP contribution >= 0.6 is 43.2 Å². The Morgan fingerprint density at radius 3 is 2.37 bits per heavy atom. The minimum absolute atomic E-state index is 0.00417. The molecule has 1 aromatic heterocycles. The van der Waals surface area contributed by atoms with E-state index in [1.54, 1.807) is 18.8 Å². The van der Waals surface area contributed by atoms with Gasteiger partial charge in [0.15, 0.2) is 11.9 Å². The smallest absolute Gasteiger partial charge is 0.323 e. The van der Waals surface area contributed by atoms with Crippen LogP contribution in [-0.2, 0) is 35.5 Å². The Morgan fingerprint density at radius 2 is 1.63 bits per heavy atom. The third-order valence-corrected chi connectivity index (χ3v) is 15.2. The Balaban J connectivity index is 0.000000158. The van der Waals surface area contributed by atoms with Gasteiger partial charge in [-0.15, -0.1) is 0 Å². The predicted octanol–water partition coefficient (Wildman–Crippen LogP) is 10.5. The Morgan fingerprint density at radius 1 is 0.871 bits per heavy atom. The van der Waals surface area contributed by atoms with E-state index in [1.807, 2.05) is 31.1 Å². The molecular weight excluding hydrogens is 873 g/mol. The highest BCUT2D eigenvalue weighted by atomic mass is 31.1. The molecule has 1 N–H and O–H groups in total. The number of rotatable bonds is 9. The zero-order valence-corrected chi connectivity index (χ0v) is 39.7. The SMILES string of the molecule is CP=C(P)OCC(=O)c1ccc2c(c1)COc1cc3c(cc1-2)CCC(OC(=O)PC)C3=O.CPC1=Nc2ccc3cc4c(cc3c2C1)OCc1cc(-c2cnc(PC)[nH]2)ccc1-4. The molecule has 1 aliphatic carbocycles. The zero-order valence-electron chi connectivity index (χ0n) is 34.6. The van der Waals surface area contributed by atoms with Crippen molar-refractivity contribution < 1.29 is 33.3 Å². The van der Waals surface area contributed by atoms with E-state index in [2.05, 4.69) is 75.0 Å². The second kappa shape index (κ2) is 18.3. The molecule has 0 fully saturated rings. The van der Waals surface area contributed by atoms with E-state index >= 15 is 0 Å². The summed E-state index contributed by atoms with van der Waals surface area (Å²) in [7, 11) is 4.89. The quantitative estimate of drug-likeness (QED) is 0.112. The van der Waals surface area contributed by atoms with Crippen molar-refractivity contribution in [2.24, 2.45) is 4.99 Å². The van der Waals surface area contributed by atoms with E-state index < -0.39 is 6.10 Å². The van der Waals surface area contributed by atoms with Gasteiger partial charge in [0, 0.05) is 34.1 Å². The third-order valence-electron chi connectivity index (χ3n) is 11.6. The second-order valence-electron chi connectivity index (χ2n) is 15.2. The number of aromatic amines is 1. The van der Waals surface area contributed by atoms with E-state index in [-0.39, 0.29) is 32.5 Å². The minimum atomic E-state index is -0.723. The largest absolute Gasteiger partial charge is 0.488 e. The number of imidazole rings is 1. The van der Waals surface area contributed by atoms with Gasteiger partial charge in [0.2, 0.25) is 5.78 Å². The van der Waals surface area contributed by atoms with Crippen molar-refractivity contribution in [2.45, 2.75) is 38.6 Å². The molecule has 0 amide bonds. The van der Waals surface area contributed by atoms with Gasteiger partial charge in [0.1, 0.15) is 36.9 Å². The summed E-state index contributed by atoms with van der Waals surface area (Å²) in [4.78, 5) is 49.7. The van der Waals surface area contributed by atoms with Crippen molar-refractivity contribution in [3.63, 3.8) is 0 Å². The Labute approximate surface area is 369 Å². The number of aromatic nitrogens is 2. The van der Waals surface area contributed by atoms with Crippen molar-refractivity contribution in [2.75, 3.05) is 33.3 Å². The molecule has 62 heavy (non-hydrogen) atoms. The molecule has 4 heterocycles. The normalized spacial score (nSPS) is 16.2. The first-order chi connectivity index (χ1) is 30.1. The lowest BCUT2D eigenvalue weighted by molar-refractivity contribution is 0.0657. The first-order valence-corrected chi connectivity index (χ1v) is 26.6. The number of carbonyl (C=O) groups excluding carboxylic acids is 3. The highest BCUT2D eigenvalue weighted by molar-refractivity contribution is 7.62. The van der Waals surface area contributed by atoms with Gasteiger partial charge in [0.05, 0.1) is 22.8 Å². The number of hydrogen-bond donors (Lipinski definition) is 1. The van der Waals surface area contributed by atoms with Crippen molar-refractivity contribution in [1.82, 2.24) is 9.97 Å². The molecule has 4 aliphatic rings. The number of benzene rings is 5. The number of fused-ring (bicyclic) bond motifs is 10. The number of nitrogens with zero attached hydrogens (tertiary/aromatic N) is 2. The minimum Gasteiger partial charge on any atom is -0.488 e. The summed E-state index contributed by atoms with van der Waals surface area (Å²) in [6, 6.07) is 24.8. The van der Waals surface area contributed by atoms with E-state index in [0.29, 0.717) is 51.5 Å². The molecule has 5 atom stereocenters. The fourth-order valence-corrected chi connectivity index (χ4v) is 9.86. The molecular formula is C47H44N3O7P5. The molecule has 6 aromatic rings. The summed E-state index contributed by atoms with van der Waals surface area (Å²) in [5, 5.41) is 3.25. The molecule has 10 nitrogen and oxygen atoms in total. The third kappa shape index (κ3) is 8.47. The summed E-state index contributed by atoms with van der Waals surface area (Å²) in [6.45, 7) is 8.90. The number of ether oxygens (including phenoxy) is 4. The summed E-state index contributed by atoms with van der Waals surface area (Å²) >= 11 is 0.